The van der Waals surface area contributed by atoms with Gasteiger partial charge in [0.15, 0.2) is 5.65 Å². The molecule has 1 unspecified atom stereocenters. The van der Waals surface area contributed by atoms with Gasteiger partial charge in [0.2, 0.25) is 0 Å². The van der Waals surface area contributed by atoms with Crippen molar-refractivity contribution in [3.05, 3.63) is 66.3 Å². The third-order valence-electron chi connectivity index (χ3n) is 5.41. The van der Waals surface area contributed by atoms with Gasteiger partial charge in [-0.15, -0.1) is 0 Å². The number of nitrogens with one attached hydrogen (secondary N) is 2. The van der Waals surface area contributed by atoms with E-state index in [2.05, 4.69) is 51.9 Å². The zero-order valence-electron chi connectivity index (χ0n) is 16.7. The summed E-state index contributed by atoms with van der Waals surface area (Å²) in [5, 5.41) is 15.4. The molecule has 0 saturated heterocycles. The van der Waals surface area contributed by atoms with Crippen molar-refractivity contribution in [3.63, 3.8) is 0 Å². The van der Waals surface area contributed by atoms with Crippen LogP contribution >= 0.6 is 0 Å². The normalized spacial score (nSPS) is 18.9. The van der Waals surface area contributed by atoms with Crippen molar-refractivity contribution in [2.24, 2.45) is 5.92 Å². The summed E-state index contributed by atoms with van der Waals surface area (Å²) < 4.78 is 3.41. The highest BCUT2D eigenvalue weighted by Crippen LogP contribution is 2.27. The van der Waals surface area contributed by atoms with Crippen molar-refractivity contribution in [2.75, 3.05) is 18.4 Å². The van der Waals surface area contributed by atoms with Gasteiger partial charge in [0, 0.05) is 25.0 Å². The number of hydrogen-bond acceptors (Lipinski definition) is 5. The largest absolute Gasteiger partial charge is 0.313 e. The molecule has 2 N–H and O–H groups in total. The van der Waals surface area contributed by atoms with Crippen LogP contribution in [0.2, 0.25) is 0 Å². The van der Waals surface area contributed by atoms with E-state index in [1.54, 1.807) is 23.0 Å². The molecule has 8 heteroatoms. The molecule has 0 saturated carbocycles. The molecule has 0 aromatic carbocycles. The number of nitrogens with zero attached hydrogens (tertiary/aromatic N) is 5. The van der Waals surface area contributed by atoms with Crippen LogP contribution in [0.25, 0.3) is 16.9 Å². The van der Waals surface area contributed by atoms with E-state index in [9.17, 15) is 4.79 Å². The molecule has 0 fully saturated rings. The lowest BCUT2D eigenvalue weighted by Crippen LogP contribution is -2.20. The highest BCUT2D eigenvalue weighted by Gasteiger charge is 2.20. The lowest BCUT2D eigenvalue weighted by atomic mass is 10.0. The van der Waals surface area contributed by atoms with Gasteiger partial charge in [0.1, 0.15) is 11.4 Å². The van der Waals surface area contributed by atoms with Gasteiger partial charge in [-0.25, -0.2) is 14.2 Å². The van der Waals surface area contributed by atoms with Gasteiger partial charge in [-0.3, -0.25) is 4.79 Å². The molecule has 1 aliphatic heterocycles. The van der Waals surface area contributed by atoms with Crippen LogP contribution < -0.4 is 10.6 Å². The molecule has 152 valence electrons. The lowest BCUT2D eigenvalue weighted by molar-refractivity contribution is 0.102. The van der Waals surface area contributed by atoms with E-state index in [-0.39, 0.29) is 5.91 Å². The van der Waals surface area contributed by atoms with Crippen LogP contribution in [0.1, 0.15) is 35.8 Å². The Bertz CT molecular complexity index is 1200. The molecule has 1 amide bonds. The number of fused-ring (bicyclic) bond motifs is 1. The predicted octanol–water partition coefficient (Wildman–Crippen LogP) is 2.99. The Morgan fingerprint density at radius 2 is 2.27 bits per heavy atom. The van der Waals surface area contributed by atoms with Gasteiger partial charge in [-0.1, -0.05) is 25.2 Å². The van der Waals surface area contributed by atoms with Crippen LogP contribution in [0, 0.1) is 5.92 Å². The van der Waals surface area contributed by atoms with E-state index in [4.69, 9.17) is 5.10 Å². The zero-order chi connectivity index (χ0) is 20.5. The van der Waals surface area contributed by atoms with Crippen molar-refractivity contribution >= 4 is 28.6 Å². The molecular formula is C22H23N7O. The number of amides is 1. The maximum Gasteiger partial charge on any atom is 0.262 e. The second kappa shape index (κ2) is 7.72. The van der Waals surface area contributed by atoms with E-state index in [0.717, 1.165) is 37.3 Å². The molecule has 1 atom stereocenters. The molecule has 3 aromatic rings. The van der Waals surface area contributed by atoms with Gasteiger partial charge < -0.3 is 10.6 Å². The Balaban J connectivity index is 1.51. The second-order valence-electron chi connectivity index (χ2n) is 7.61. The molecule has 4 heterocycles. The van der Waals surface area contributed by atoms with E-state index in [1.807, 2.05) is 10.7 Å². The van der Waals surface area contributed by atoms with Crippen molar-refractivity contribution in [1.29, 1.82) is 0 Å². The van der Waals surface area contributed by atoms with Gasteiger partial charge >= 0.3 is 0 Å². The Morgan fingerprint density at radius 1 is 1.33 bits per heavy atom. The average Bonchev–Trinajstić information content (AvgIpc) is 3.39. The fraction of sp³-hybridized carbons (Fsp3) is 0.273. The predicted molar refractivity (Wildman–Crippen MR) is 116 cm³/mol. The van der Waals surface area contributed by atoms with Crippen LogP contribution in [-0.4, -0.2) is 43.4 Å². The highest BCUT2D eigenvalue weighted by molar-refractivity contribution is 6.08. The molecule has 3 aromatic heterocycles. The Hall–Kier alpha value is -3.52. The minimum atomic E-state index is -0.260. The molecule has 2 aliphatic rings. The lowest BCUT2D eigenvalue weighted by Gasteiger charge is -2.14. The molecule has 0 radical (unpaired) electrons. The van der Waals surface area contributed by atoms with Gasteiger partial charge in [-0.05, 0) is 43.0 Å². The Labute approximate surface area is 174 Å². The molecule has 0 spiro atoms. The monoisotopic (exact) mass is 401 g/mol. The zero-order valence-corrected chi connectivity index (χ0v) is 16.7. The standard InChI is InChI=1S/C22H23N7O/c1-15-3-5-17(6-4-15)29-20(13-19(27-29)16-7-10-23-11-8-16)26-22(30)18-14-25-28-12-2-9-24-21(18)28/h2-3,5-7,9,12-15,23H,4,8,10-11H2,1H3,(H,26,30). The first-order chi connectivity index (χ1) is 14.7. The summed E-state index contributed by atoms with van der Waals surface area (Å²) in [5.41, 5.74) is 3.98. The Morgan fingerprint density at radius 3 is 3.07 bits per heavy atom. The van der Waals surface area contributed by atoms with Gasteiger partial charge in [0.05, 0.1) is 17.6 Å². The van der Waals surface area contributed by atoms with Crippen LogP contribution in [0.15, 0.2) is 55.0 Å². The first-order valence-corrected chi connectivity index (χ1v) is 10.2. The van der Waals surface area contributed by atoms with E-state index in [0.29, 0.717) is 22.9 Å². The average molecular weight is 401 g/mol. The molecular weight excluding hydrogens is 378 g/mol. The molecule has 8 nitrogen and oxygen atoms in total. The van der Waals surface area contributed by atoms with Crippen molar-refractivity contribution in [2.45, 2.75) is 19.8 Å². The van der Waals surface area contributed by atoms with Crippen LogP contribution in [-0.2, 0) is 0 Å². The van der Waals surface area contributed by atoms with Crippen LogP contribution in [0.3, 0.4) is 0 Å². The summed E-state index contributed by atoms with van der Waals surface area (Å²) in [4.78, 5) is 17.3. The maximum atomic E-state index is 13.1. The number of allylic oxidation sites excluding steroid dienone is 4. The Kier molecular flexibility index (Phi) is 4.76. The minimum Gasteiger partial charge on any atom is -0.313 e. The number of carbonyl (C=O) groups excluding carboxylic acids is 1. The first kappa shape index (κ1) is 18.5. The summed E-state index contributed by atoms with van der Waals surface area (Å²) in [6, 6.07) is 3.72. The van der Waals surface area contributed by atoms with Crippen molar-refractivity contribution < 1.29 is 4.79 Å². The molecule has 5 rings (SSSR count). The second-order valence-corrected chi connectivity index (χ2v) is 7.61. The fourth-order valence-electron chi connectivity index (χ4n) is 3.72. The van der Waals surface area contributed by atoms with Gasteiger partial charge in [0.25, 0.3) is 5.91 Å². The third kappa shape index (κ3) is 3.46. The number of rotatable bonds is 4. The highest BCUT2D eigenvalue weighted by atomic mass is 16.1. The quantitative estimate of drug-likeness (QED) is 0.702. The number of anilines is 1. The first-order valence-electron chi connectivity index (χ1n) is 10.2. The number of carbonyl (C=O) groups is 1. The number of aromatic nitrogens is 5. The van der Waals surface area contributed by atoms with Crippen LogP contribution in [0.4, 0.5) is 5.82 Å². The van der Waals surface area contributed by atoms with Crippen molar-refractivity contribution in [1.82, 2.24) is 29.7 Å². The summed E-state index contributed by atoms with van der Waals surface area (Å²) >= 11 is 0. The van der Waals surface area contributed by atoms with Crippen molar-refractivity contribution in [3.8, 4) is 0 Å². The maximum absolute atomic E-state index is 13.1. The third-order valence-corrected chi connectivity index (χ3v) is 5.41. The molecule has 1 aliphatic carbocycles. The van der Waals surface area contributed by atoms with E-state index in [1.165, 1.54) is 11.8 Å². The summed E-state index contributed by atoms with van der Waals surface area (Å²) in [6.07, 6.45) is 15.4. The van der Waals surface area contributed by atoms with Gasteiger partial charge in [-0.2, -0.15) is 10.2 Å². The summed E-state index contributed by atoms with van der Waals surface area (Å²) in [5.74, 6) is 0.874. The topological polar surface area (TPSA) is 89.1 Å². The SMILES string of the molecule is CC1C=CC(n2nc(C3=CCNCC3)cc2NC(=O)c2cnn3cccnc23)=CC1. The summed E-state index contributed by atoms with van der Waals surface area (Å²) in [7, 11) is 0. The van der Waals surface area contributed by atoms with Crippen LogP contribution in [0.5, 0.6) is 0 Å². The van der Waals surface area contributed by atoms with E-state index >= 15 is 0 Å². The molecule has 30 heavy (non-hydrogen) atoms. The summed E-state index contributed by atoms with van der Waals surface area (Å²) in [6.45, 7) is 3.94. The minimum absolute atomic E-state index is 0.260. The van der Waals surface area contributed by atoms with E-state index < -0.39 is 0 Å². The molecule has 0 bridgehead atoms. The smallest absolute Gasteiger partial charge is 0.262 e. The number of hydrogen-bond donors (Lipinski definition) is 2. The fourth-order valence-corrected chi connectivity index (χ4v) is 3.72.